The summed E-state index contributed by atoms with van der Waals surface area (Å²) in [4.78, 5) is 12.2. The van der Waals surface area contributed by atoms with Crippen LogP contribution in [-0.4, -0.2) is 12.3 Å². The molecule has 1 aromatic rings. The Kier molecular flexibility index (Phi) is 6.16. The second-order valence-corrected chi connectivity index (χ2v) is 5.50. The minimum absolute atomic E-state index is 0.0974. The summed E-state index contributed by atoms with van der Waals surface area (Å²) in [6, 6.07) is 4.34. The lowest BCUT2D eigenvalue weighted by molar-refractivity contribution is 0.0968. The van der Waals surface area contributed by atoms with Gasteiger partial charge in [0.1, 0.15) is 5.82 Å². The van der Waals surface area contributed by atoms with Crippen LogP contribution in [0.25, 0.3) is 0 Å². The van der Waals surface area contributed by atoms with Gasteiger partial charge in [0, 0.05) is 12.0 Å². The number of benzene rings is 1. The van der Waals surface area contributed by atoms with Crippen LogP contribution in [0, 0.1) is 24.6 Å². The van der Waals surface area contributed by atoms with Crippen LogP contribution >= 0.6 is 0 Å². The molecule has 0 aromatic heterocycles. The summed E-state index contributed by atoms with van der Waals surface area (Å²) in [6.07, 6.45) is 2.31. The molecule has 1 unspecified atom stereocenters. The molecule has 1 atom stereocenters. The van der Waals surface area contributed by atoms with Crippen LogP contribution in [0.1, 0.15) is 49.0 Å². The maximum atomic E-state index is 13.0. The Balaban J connectivity index is 2.64. The van der Waals surface area contributed by atoms with Crippen molar-refractivity contribution in [3.05, 3.63) is 35.1 Å². The van der Waals surface area contributed by atoms with Gasteiger partial charge in [-0.1, -0.05) is 13.8 Å². The average molecular weight is 265 g/mol. The molecule has 0 heterocycles. The van der Waals surface area contributed by atoms with E-state index in [0.29, 0.717) is 35.9 Å². The van der Waals surface area contributed by atoms with Gasteiger partial charge in [-0.3, -0.25) is 4.79 Å². The molecule has 1 rings (SSSR count). The highest BCUT2D eigenvalue weighted by molar-refractivity contribution is 5.97. The number of aryl methyl sites for hydroxylation is 1. The standard InChI is InChI=1S/C16H24FNO/c1-11(2)13(8-9-18)4-7-16(19)15-6-5-14(17)10-12(15)3/h5-6,10-11,13H,4,7-9,18H2,1-3H3. The van der Waals surface area contributed by atoms with Crippen molar-refractivity contribution in [1.82, 2.24) is 0 Å². The number of ketones is 1. The van der Waals surface area contributed by atoms with Gasteiger partial charge < -0.3 is 5.73 Å². The maximum Gasteiger partial charge on any atom is 0.163 e. The molecule has 106 valence electrons. The predicted molar refractivity (Wildman–Crippen MR) is 76.7 cm³/mol. The molecular formula is C16H24FNO. The fraction of sp³-hybridized carbons (Fsp3) is 0.562. The molecule has 0 aliphatic carbocycles. The first-order valence-corrected chi connectivity index (χ1v) is 6.95. The van der Waals surface area contributed by atoms with Gasteiger partial charge in [-0.15, -0.1) is 0 Å². The van der Waals surface area contributed by atoms with Crippen LogP contribution in [0.3, 0.4) is 0 Å². The second-order valence-electron chi connectivity index (χ2n) is 5.50. The van der Waals surface area contributed by atoms with Gasteiger partial charge in [-0.25, -0.2) is 4.39 Å². The van der Waals surface area contributed by atoms with Crippen molar-refractivity contribution in [3.8, 4) is 0 Å². The Morgan fingerprint density at radius 3 is 2.53 bits per heavy atom. The Bertz CT molecular complexity index is 429. The molecule has 0 fully saturated rings. The molecule has 3 heteroatoms. The molecule has 19 heavy (non-hydrogen) atoms. The number of halogens is 1. The number of hydrogen-bond donors (Lipinski definition) is 1. The lowest BCUT2D eigenvalue weighted by Crippen LogP contribution is -2.16. The zero-order chi connectivity index (χ0) is 14.4. The first-order valence-electron chi connectivity index (χ1n) is 6.95. The Labute approximate surface area is 115 Å². The quantitative estimate of drug-likeness (QED) is 0.764. The van der Waals surface area contributed by atoms with Crippen LogP contribution in [0.4, 0.5) is 4.39 Å². The van der Waals surface area contributed by atoms with Crippen LogP contribution in [-0.2, 0) is 0 Å². The molecule has 0 aliphatic heterocycles. The third-order valence-electron chi connectivity index (χ3n) is 3.71. The number of rotatable bonds is 7. The van der Waals surface area contributed by atoms with Gasteiger partial charge in [0.25, 0.3) is 0 Å². The van der Waals surface area contributed by atoms with Gasteiger partial charge in [-0.2, -0.15) is 0 Å². The number of nitrogens with two attached hydrogens (primary N) is 1. The average Bonchev–Trinajstić information content (AvgIpc) is 2.33. The van der Waals surface area contributed by atoms with Crippen molar-refractivity contribution in [2.75, 3.05) is 6.54 Å². The van der Waals surface area contributed by atoms with Gasteiger partial charge >= 0.3 is 0 Å². The fourth-order valence-electron chi connectivity index (χ4n) is 2.42. The summed E-state index contributed by atoms with van der Waals surface area (Å²) in [6.45, 7) is 6.75. The van der Waals surface area contributed by atoms with Crippen molar-refractivity contribution in [2.45, 2.75) is 40.0 Å². The molecule has 0 aliphatic rings. The highest BCUT2D eigenvalue weighted by Gasteiger charge is 2.16. The number of carbonyl (C=O) groups excluding carboxylic acids is 1. The molecule has 0 saturated heterocycles. The summed E-state index contributed by atoms with van der Waals surface area (Å²) in [5.41, 5.74) is 6.95. The Hall–Kier alpha value is -1.22. The minimum atomic E-state index is -0.294. The first kappa shape index (κ1) is 15.8. The molecule has 1 aromatic carbocycles. The van der Waals surface area contributed by atoms with E-state index in [4.69, 9.17) is 5.73 Å². The van der Waals surface area contributed by atoms with Gasteiger partial charge in [0.15, 0.2) is 5.78 Å². The summed E-state index contributed by atoms with van der Waals surface area (Å²) in [5, 5.41) is 0. The van der Waals surface area contributed by atoms with Crippen molar-refractivity contribution < 1.29 is 9.18 Å². The maximum absolute atomic E-state index is 13.0. The first-order chi connectivity index (χ1) is 8.95. The van der Waals surface area contributed by atoms with Crippen molar-refractivity contribution in [1.29, 1.82) is 0 Å². The van der Waals surface area contributed by atoms with Gasteiger partial charge in [0.05, 0.1) is 0 Å². The predicted octanol–water partition coefficient (Wildman–Crippen LogP) is 3.72. The number of hydrogen-bond acceptors (Lipinski definition) is 2. The smallest absolute Gasteiger partial charge is 0.163 e. The van der Waals surface area contributed by atoms with E-state index in [2.05, 4.69) is 13.8 Å². The molecule has 0 saturated carbocycles. The SMILES string of the molecule is Cc1cc(F)ccc1C(=O)CCC(CCN)C(C)C. The summed E-state index contributed by atoms with van der Waals surface area (Å²) >= 11 is 0. The van der Waals surface area contributed by atoms with Crippen molar-refractivity contribution >= 4 is 5.78 Å². The van der Waals surface area contributed by atoms with Crippen LogP contribution < -0.4 is 5.73 Å². The van der Waals surface area contributed by atoms with E-state index in [9.17, 15) is 9.18 Å². The van der Waals surface area contributed by atoms with Crippen LogP contribution in [0.15, 0.2) is 18.2 Å². The highest BCUT2D eigenvalue weighted by atomic mass is 19.1. The van der Waals surface area contributed by atoms with E-state index in [-0.39, 0.29) is 11.6 Å². The molecular weight excluding hydrogens is 241 g/mol. The molecule has 0 radical (unpaired) electrons. The fourth-order valence-corrected chi connectivity index (χ4v) is 2.42. The topological polar surface area (TPSA) is 43.1 Å². The monoisotopic (exact) mass is 265 g/mol. The highest BCUT2D eigenvalue weighted by Crippen LogP contribution is 2.22. The Morgan fingerprint density at radius 2 is 2.00 bits per heavy atom. The third kappa shape index (κ3) is 4.75. The van der Waals surface area contributed by atoms with E-state index in [1.165, 1.54) is 12.1 Å². The van der Waals surface area contributed by atoms with Gasteiger partial charge in [0.2, 0.25) is 0 Å². The molecule has 0 spiro atoms. The van der Waals surface area contributed by atoms with Crippen LogP contribution in [0.5, 0.6) is 0 Å². The van der Waals surface area contributed by atoms with Crippen molar-refractivity contribution in [2.24, 2.45) is 17.6 Å². The third-order valence-corrected chi connectivity index (χ3v) is 3.71. The summed E-state index contributed by atoms with van der Waals surface area (Å²) in [5.74, 6) is 0.817. The zero-order valence-corrected chi connectivity index (χ0v) is 12.1. The van der Waals surface area contributed by atoms with E-state index >= 15 is 0 Å². The largest absolute Gasteiger partial charge is 0.330 e. The molecule has 2 N–H and O–H groups in total. The second kappa shape index (κ2) is 7.39. The van der Waals surface area contributed by atoms with E-state index < -0.39 is 0 Å². The normalized spacial score (nSPS) is 12.7. The summed E-state index contributed by atoms with van der Waals surface area (Å²) < 4.78 is 13.0. The molecule has 2 nitrogen and oxygen atoms in total. The lowest BCUT2D eigenvalue weighted by atomic mass is 9.86. The van der Waals surface area contributed by atoms with E-state index in [1.807, 2.05) is 0 Å². The summed E-state index contributed by atoms with van der Waals surface area (Å²) in [7, 11) is 0. The van der Waals surface area contributed by atoms with Gasteiger partial charge in [-0.05, 0) is 61.9 Å². The minimum Gasteiger partial charge on any atom is -0.330 e. The van der Waals surface area contributed by atoms with E-state index in [0.717, 1.165) is 12.8 Å². The number of Topliss-reactive ketones (excluding diaryl/α,β-unsaturated/α-hetero) is 1. The molecule has 0 bridgehead atoms. The van der Waals surface area contributed by atoms with Crippen molar-refractivity contribution in [3.63, 3.8) is 0 Å². The van der Waals surface area contributed by atoms with Crippen LogP contribution in [0.2, 0.25) is 0 Å². The molecule has 0 amide bonds. The zero-order valence-electron chi connectivity index (χ0n) is 12.1. The number of carbonyl (C=O) groups is 1. The van der Waals surface area contributed by atoms with E-state index in [1.54, 1.807) is 13.0 Å². The lowest BCUT2D eigenvalue weighted by Gasteiger charge is -2.19. The Morgan fingerprint density at radius 1 is 1.32 bits per heavy atom.